The van der Waals surface area contributed by atoms with E-state index in [0.29, 0.717) is 13.2 Å². The highest BCUT2D eigenvalue weighted by Gasteiger charge is 2.49. The second kappa shape index (κ2) is 6.29. The van der Waals surface area contributed by atoms with Crippen LogP contribution in [0.3, 0.4) is 0 Å². The minimum atomic E-state index is -0.772. The van der Waals surface area contributed by atoms with Crippen molar-refractivity contribution in [2.45, 2.75) is 51.8 Å². The first-order valence-electron chi connectivity index (χ1n) is 7.02. The van der Waals surface area contributed by atoms with Gasteiger partial charge in [0.15, 0.2) is 5.79 Å². The van der Waals surface area contributed by atoms with Crippen LogP contribution in [0.25, 0.3) is 0 Å². The number of carbonyl (C=O) groups is 2. The summed E-state index contributed by atoms with van der Waals surface area (Å²) >= 11 is 0. The third-order valence-corrected chi connectivity index (χ3v) is 3.50. The lowest BCUT2D eigenvalue weighted by molar-refractivity contribution is -0.345. The van der Waals surface area contributed by atoms with Gasteiger partial charge in [-0.05, 0) is 13.8 Å². The predicted octanol–water partition coefficient (Wildman–Crippen LogP) is 0.648. The van der Waals surface area contributed by atoms with Gasteiger partial charge in [-0.2, -0.15) is 0 Å². The molecular formula is C14H22O7. The van der Waals surface area contributed by atoms with Crippen LogP contribution in [-0.2, 0) is 33.3 Å². The number of fused-ring (bicyclic) bond motifs is 1. The van der Waals surface area contributed by atoms with Gasteiger partial charge in [-0.3, -0.25) is 9.59 Å². The van der Waals surface area contributed by atoms with Gasteiger partial charge < -0.3 is 23.7 Å². The second-order valence-corrected chi connectivity index (χ2v) is 5.80. The Hall–Kier alpha value is -1.18. The maximum Gasteiger partial charge on any atom is 0.303 e. The highest BCUT2D eigenvalue weighted by atomic mass is 16.7. The van der Waals surface area contributed by atoms with Gasteiger partial charge in [0.25, 0.3) is 0 Å². The molecule has 21 heavy (non-hydrogen) atoms. The van der Waals surface area contributed by atoms with Gasteiger partial charge in [-0.25, -0.2) is 0 Å². The summed E-state index contributed by atoms with van der Waals surface area (Å²) in [5, 5.41) is 0. The van der Waals surface area contributed by atoms with E-state index in [1.54, 1.807) is 13.8 Å². The van der Waals surface area contributed by atoms with E-state index in [1.807, 2.05) is 0 Å². The van der Waals surface area contributed by atoms with Crippen molar-refractivity contribution in [3.05, 3.63) is 0 Å². The zero-order valence-corrected chi connectivity index (χ0v) is 12.8. The van der Waals surface area contributed by atoms with Crippen molar-refractivity contribution < 1.29 is 33.3 Å². The lowest BCUT2D eigenvalue weighted by Crippen LogP contribution is -2.61. The lowest BCUT2D eigenvalue weighted by Gasteiger charge is -2.48. The average Bonchev–Trinajstić information content (AvgIpc) is 2.36. The van der Waals surface area contributed by atoms with Crippen LogP contribution < -0.4 is 0 Å². The van der Waals surface area contributed by atoms with Gasteiger partial charge >= 0.3 is 11.9 Å². The van der Waals surface area contributed by atoms with Gasteiger partial charge in [-0.15, -0.1) is 0 Å². The minimum absolute atomic E-state index is 0.126. The van der Waals surface area contributed by atoms with Crippen molar-refractivity contribution in [3.8, 4) is 0 Å². The zero-order chi connectivity index (χ0) is 15.6. The third-order valence-electron chi connectivity index (χ3n) is 3.50. The van der Waals surface area contributed by atoms with Crippen LogP contribution in [0, 0.1) is 5.92 Å². The monoisotopic (exact) mass is 302 g/mol. The summed E-state index contributed by atoms with van der Waals surface area (Å²) < 4.78 is 27.5. The van der Waals surface area contributed by atoms with Gasteiger partial charge in [0.2, 0.25) is 0 Å². The van der Waals surface area contributed by atoms with E-state index in [1.165, 1.54) is 13.8 Å². The lowest BCUT2D eigenvalue weighted by atomic mass is 9.91. The molecule has 0 aromatic rings. The van der Waals surface area contributed by atoms with Crippen LogP contribution in [-0.4, -0.2) is 55.9 Å². The zero-order valence-electron chi connectivity index (χ0n) is 12.8. The molecule has 0 bridgehead atoms. The van der Waals surface area contributed by atoms with E-state index in [2.05, 4.69) is 0 Å². The maximum atomic E-state index is 11.4. The number of ether oxygens (including phenoxy) is 5. The molecule has 0 N–H and O–H groups in total. The van der Waals surface area contributed by atoms with Crippen LogP contribution in [0.1, 0.15) is 27.7 Å². The number of esters is 2. The maximum absolute atomic E-state index is 11.4. The van der Waals surface area contributed by atoms with E-state index >= 15 is 0 Å². The van der Waals surface area contributed by atoms with Gasteiger partial charge in [-0.1, -0.05) is 0 Å². The molecule has 120 valence electrons. The molecule has 0 spiro atoms. The molecule has 2 heterocycles. The summed E-state index contributed by atoms with van der Waals surface area (Å²) in [4.78, 5) is 22.4. The second-order valence-electron chi connectivity index (χ2n) is 5.80. The standard InChI is InChI=1S/C14H22O7/c1-8(15)17-5-10-6-18-11-7-19-14(3,4)21-13(11)12(10)20-9(2)16/h10-13H,5-7H2,1-4H3/t10-,11-,12-,13-/m1/s1. The van der Waals surface area contributed by atoms with Crippen LogP contribution in [0.15, 0.2) is 0 Å². The predicted molar refractivity (Wildman–Crippen MR) is 70.3 cm³/mol. The molecule has 0 unspecified atom stereocenters. The van der Waals surface area contributed by atoms with E-state index < -0.39 is 24.0 Å². The van der Waals surface area contributed by atoms with E-state index in [4.69, 9.17) is 23.7 Å². The van der Waals surface area contributed by atoms with Gasteiger partial charge in [0.1, 0.15) is 18.3 Å². The summed E-state index contributed by atoms with van der Waals surface area (Å²) in [6.07, 6.45) is -1.26. The Morgan fingerprint density at radius 2 is 1.90 bits per heavy atom. The average molecular weight is 302 g/mol. The van der Waals surface area contributed by atoms with Gasteiger partial charge in [0, 0.05) is 13.8 Å². The summed E-state index contributed by atoms with van der Waals surface area (Å²) in [5.41, 5.74) is 0. The summed E-state index contributed by atoms with van der Waals surface area (Å²) in [7, 11) is 0. The Labute approximate surface area is 123 Å². The fraction of sp³-hybridized carbons (Fsp3) is 0.857. The highest BCUT2D eigenvalue weighted by molar-refractivity contribution is 5.66. The Balaban J connectivity index is 2.12. The van der Waals surface area contributed by atoms with Crippen molar-refractivity contribution in [2.24, 2.45) is 5.92 Å². The Morgan fingerprint density at radius 1 is 1.19 bits per heavy atom. The smallest absolute Gasteiger partial charge is 0.303 e. The fourth-order valence-corrected chi connectivity index (χ4v) is 2.57. The Morgan fingerprint density at radius 3 is 2.52 bits per heavy atom. The van der Waals surface area contributed by atoms with Crippen LogP contribution in [0.4, 0.5) is 0 Å². The summed E-state index contributed by atoms with van der Waals surface area (Å²) in [6.45, 7) is 7.09. The topological polar surface area (TPSA) is 80.3 Å². The normalized spacial score (nSPS) is 34.7. The molecule has 0 aromatic heterocycles. The van der Waals surface area contributed by atoms with Crippen LogP contribution in [0.5, 0.6) is 0 Å². The Kier molecular flexibility index (Phi) is 4.85. The molecule has 2 saturated heterocycles. The molecule has 0 amide bonds. The van der Waals surface area contributed by atoms with Crippen molar-refractivity contribution in [3.63, 3.8) is 0 Å². The highest BCUT2D eigenvalue weighted by Crippen LogP contribution is 2.33. The SMILES string of the molecule is CC(=O)OC[C@@H]1CO[C@@H]2COC(C)(C)O[C@H]2[C@@H]1OC(C)=O. The number of hydrogen-bond donors (Lipinski definition) is 0. The van der Waals surface area contributed by atoms with Crippen molar-refractivity contribution in [1.29, 1.82) is 0 Å². The molecule has 0 aromatic carbocycles. The third kappa shape index (κ3) is 4.15. The number of carbonyl (C=O) groups excluding carboxylic acids is 2. The summed E-state index contributed by atoms with van der Waals surface area (Å²) in [5.74, 6) is -1.81. The Bertz CT molecular complexity index is 406. The summed E-state index contributed by atoms with van der Waals surface area (Å²) in [6, 6.07) is 0. The number of hydrogen-bond acceptors (Lipinski definition) is 7. The first-order valence-corrected chi connectivity index (χ1v) is 7.02. The van der Waals surface area contributed by atoms with Crippen LogP contribution >= 0.6 is 0 Å². The fourth-order valence-electron chi connectivity index (χ4n) is 2.57. The quantitative estimate of drug-likeness (QED) is 0.708. The van der Waals surface area contributed by atoms with Crippen molar-refractivity contribution in [1.82, 2.24) is 0 Å². The van der Waals surface area contributed by atoms with Crippen molar-refractivity contribution >= 4 is 11.9 Å². The molecule has 4 atom stereocenters. The molecule has 2 aliphatic heterocycles. The van der Waals surface area contributed by atoms with Crippen LogP contribution in [0.2, 0.25) is 0 Å². The molecule has 0 radical (unpaired) electrons. The first-order chi connectivity index (χ1) is 9.78. The van der Waals surface area contributed by atoms with Gasteiger partial charge in [0.05, 0.1) is 25.7 Å². The molecule has 2 fully saturated rings. The van der Waals surface area contributed by atoms with E-state index in [0.717, 1.165) is 0 Å². The van der Waals surface area contributed by atoms with E-state index in [9.17, 15) is 9.59 Å². The number of rotatable bonds is 3. The molecule has 2 rings (SSSR count). The molecule has 0 aliphatic carbocycles. The first kappa shape index (κ1) is 16.2. The molecule has 2 aliphatic rings. The minimum Gasteiger partial charge on any atom is -0.465 e. The molecule has 7 heteroatoms. The van der Waals surface area contributed by atoms with Crippen molar-refractivity contribution in [2.75, 3.05) is 19.8 Å². The largest absolute Gasteiger partial charge is 0.465 e. The molecule has 7 nitrogen and oxygen atoms in total. The molecular weight excluding hydrogens is 280 g/mol. The molecule has 0 saturated carbocycles. The van der Waals surface area contributed by atoms with E-state index in [-0.39, 0.29) is 24.6 Å².